The summed E-state index contributed by atoms with van der Waals surface area (Å²) >= 11 is 0. The SMILES string of the molecule is COc1ccnc(C(=O)NC2CCCC(CCCc3ccccc3)C(Cc3ccc(OC(F)(F)F)cc3)C(C)OC2=O)c1OC(=O)C(C)C. The Morgan fingerprint density at radius 2 is 1.73 bits per heavy atom. The fourth-order valence-corrected chi connectivity index (χ4v) is 6.08. The molecule has 4 atom stereocenters. The minimum Gasteiger partial charge on any atom is -0.493 e. The fraction of sp³-hybridized carbons (Fsp3) is 0.459. The highest BCUT2D eigenvalue weighted by Gasteiger charge is 2.35. The van der Waals surface area contributed by atoms with Crippen LogP contribution < -0.4 is 19.5 Å². The van der Waals surface area contributed by atoms with E-state index in [0.717, 1.165) is 31.2 Å². The molecular weight excluding hydrogens is 641 g/mol. The Kier molecular flexibility index (Phi) is 13.0. The molecule has 1 fully saturated rings. The van der Waals surface area contributed by atoms with Gasteiger partial charge in [0.25, 0.3) is 5.91 Å². The number of alkyl halides is 3. The highest BCUT2D eigenvalue weighted by Crippen LogP contribution is 2.35. The van der Waals surface area contributed by atoms with Crippen LogP contribution in [0.1, 0.15) is 74.5 Å². The summed E-state index contributed by atoms with van der Waals surface area (Å²) in [6, 6.07) is 16.3. The highest BCUT2D eigenvalue weighted by atomic mass is 19.4. The number of carbonyl (C=O) groups is 3. The molecule has 3 aromatic rings. The summed E-state index contributed by atoms with van der Waals surface area (Å²) in [5.41, 5.74) is 1.80. The lowest BCUT2D eigenvalue weighted by molar-refractivity contribution is -0.274. The summed E-state index contributed by atoms with van der Waals surface area (Å²) in [5.74, 6) is -2.75. The van der Waals surface area contributed by atoms with E-state index in [4.69, 9.17) is 14.2 Å². The van der Waals surface area contributed by atoms with Crippen LogP contribution in [0.4, 0.5) is 13.2 Å². The van der Waals surface area contributed by atoms with E-state index in [1.807, 2.05) is 25.1 Å². The number of ether oxygens (including phenoxy) is 4. The monoisotopic (exact) mass is 684 g/mol. The van der Waals surface area contributed by atoms with Gasteiger partial charge in [-0.15, -0.1) is 13.2 Å². The molecule has 49 heavy (non-hydrogen) atoms. The van der Waals surface area contributed by atoms with Crippen molar-refractivity contribution in [1.82, 2.24) is 10.3 Å². The smallest absolute Gasteiger partial charge is 0.493 e. The molecule has 1 amide bonds. The Morgan fingerprint density at radius 1 is 1.02 bits per heavy atom. The van der Waals surface area contributed by atoms with Gasteiger partial charge in [0.2, 0.25) is 5.75 Å². The summed E-state index contributed by atoms with van der Waals surface area (Å²) < 4.78 is 59.0. The maximum atomic E-state index is 13.6. The molecule has 1 aliphatic rings. The molecule has 4 unspecified atom stereocenters. The number of halogens is 3. The number of aryl methyl sites for hydroxylation is 1. The molecule has 0 radical (unpaired) electrons. The predicted molar refractivity (Wildman–Crippen MR) is 175 cm³/mol. The number of aromatic nitrogens is 1. The van der Waals surface area contributed by atoms with E-state index in [-0.39, 0.29) is 34.8 Å². The van der Waals surface area contributed by atoms with Gasteiger partial charge >= 0.3 is 18.3 Å². The number of amides is 1. The van der Waals surface area contributed by atoms with E-state index in [2.05, 4.69) is 27.2 Å². The predicted octanol–water partition coefficient (Wildman–Crippen LogP) is 7.26. The molecule has 0 aliphatic carbocycles. The Labute approximate surface area is 284 Å². The molecule has 1 aromatic heterocycles. The number of cyclic esters (lactones) is 1. The fourth-order valence-electron chi connectivity index (χ4n) is 6.08. The second-order valence-electron chi connectivity index (χ2n) is 12.6. The summed E-state index contributed by atoms with van der Waals surface area (Å²) in [6.45, 7) is 5.11. The summed E-state index contributed by atoms with van der Waals surface area (Å²) in [5, 5.41) is 2.74. The van der Waals surface area contributed by atoms with Crippen LogP contribution in [0.25, 0.3) is 0 Å². The first kappa shape index (κ1) is 37.2. The summed E-state index contributed by atoms with van der Waals surface area (Å²) in [6.07, 6.45) is 0.676. The maximum Gasteiger partial charge on any atom is 0.573 e. The van der Waals surface area contributed by atoms with E-state index in [1.165, 1.54) is 37.1 Å². The van der Waals surface area contributed by atoms with E-state index in [1.54, 1.807) is 26.0 Å². The van der Waals surface area contributed by atoms with Crippen molar-refractivity contribution in [2.45, 2.75) is 84.2 Å². The zero-order valence-electron chi connectivity index (χ0n) is 28.1. The van der Waals surface area contributed by atoms with Crippen LogP contribution >= 0.6 is 0 Å². The molecule has 4 rings (SSSR count). The molecule has 1 N–H and O–H groups in total. The molecule has 0 bridgehead atoms. The molecule has 1 saturated heterocycles. The molecule has 2 heterocycles. The van der Waals surface area contributed by atoms with Gasteiger partial charge in [0, 0.05) is 18.2 Å². The third kappa shape index (κ3) is 11.0. The van der Waals surface area contributed by atoms with Crippen molar-refractivity contribution < 1.29 is 46.5 Å². The summed E-state index contributed by atoms with van der Waals surface area (Å²) in [7, 11) is 1.37. The first-order valence-electron chi connectivity index (χ1n) is 16.5. The first-order chi connectivity index (χ1) is 23.3. The minimum absolute atomic E-state index is 0.120. The molecule has 12 heteroatoms. The number of carbonyl (C=O) groups excluding carboxylic acids is 3. The number of nitrogens with zero attached hydrogens (tertiary/aromatic N) is 1. The van der Waals surface area contributed by atoms with Gasteiger partial charge in [0.05, 0.1) is 13.0 Å². The van der Waals surface area contributed by atoms with Crippen molar-refractivity contribution >= 4 is 17.8 Å². The second kappa shape index (κ2) is 17.2. The van der Waals surface area contributed by atoms with Crippen LogP contribution in [0.5, 0.6) is 17.2 Å². The lowest BCUT2D eigenvalue weighted by Crippen LogP contribution is -2.43. The molecule has 0 spiro atoms. The normalized spacial score (nSPS) is 20.0. The van der Waals surface area contributed by atoms with Gasteiger partial charge in [-0.05, 0) is 74.6 Å². The van der Waals surface area contributed by atoms with E-state index < -0.39 is 42.3 Å². The number of benzene rings is 2. The third-order valence-electron chi connectivity index (χ3n) is 8.66. The van der Waals surface area contributed by atoms with Crippen LogP contribution in [-0.2, 0) is 27.2 Å². The van der Waals surface area contributed by atoms with Gasteiger partial charge in [-0.3, -0.25) is 9.59 Å². The van der Waals surface area contributed by atoms with E-state index in [0.29, 0.717) is 19.3 Å². The average Bonchev–Trinajstić information content (AvgIpc) is 3.10. The minimum atomic E-state index is -4.79. The topological polar surface area (TPSA) is 113 Å². The van der Waals surface area contributed by atoms with Crippen LogP contribution in [0.2, 0.25) is 0 Å². The number of methoxy groups -OCH3 is 1. The zero-order valence-corrected chi connectivity index (χ0v) is 28.1. The van der Waals surface area contributed by atoms with Gasteiger partial charge < -0.3 is 24.3 Å². The van der Waals surface area contributed by atoms with Crippen LogP contribution in [-0.4, -0.2) is 48.4 Å². The largest absolute Gasteiger partial charge is 0.573 e. The molecular formula is C37H43F3N2O7. The number of hydrogen-bond donors (Lipinski definition) is 1. The molecule has 264 valence electrons. The van der Waals surface area contributed by atoms with E-state index in [9.17, 15) is 27.6 Å². The summed E-state index contributed by atoms with van der Waals surface area (Å²) in [4.78, 5) is 43.6. The Morgan fingerprint density at radius 3 is 2.39 bits per heavy atom. The van der Waals surface area contributed by atoms with Crippen LogP contribution in [0, 0.1) is 17.8 Å². The number of rotatable bonds is 12. The quantitative estimate of drug-likeness (QED) is 0.199. The van der Waals surface area contributed by atoms with Gasteiger partial charge in [0.15, 0.2) is 11.4 Å². The highest BCUT2D eigenvalue weighted by molar-refractivity contribution is 5.98. The van der Waals surface area contributed by atoms with Gasteiger partial charge in [0.1, 0.15) is 17.9 Å². The van der Waals surface area contributed by atoms with Gasteiger partial charge in [-0.2, -0.15) is 0 Å². The lowest BCUT2D eigenvalue weighted by atomic mass is 9.77. The van der Waals surface area contributed by atoms with Gasteiger partial charge in [-0.1, -0.05) is 62.7 Å². The Balaban J connectivity index is 1.53. The van der Waals surface area contributed by atoms with Crippen molar-refractivity contribution in [3.63, 3.8) is 0 Å². The molecule has 0 saturated carbocycles. The zero-order chi connectivity index (χ0) is 35.6. The molecule has 1 aliphatic heterocycles. The number of esters is 2. The molecule has 2 aromatic carbocycles. The average molecular weight is 685 g/mol. The number of nitrogens with one attached hydrogen (secondary N) is 1. The van der Waals surface area contributed by atoms with Crippen molar-refractivity contribution in [3.8, 4) is 17.2 Å². The molecule has 9 nitrogen and oxygen atoms in total. The van der Waals surface area contributed by atoms with Crippen molar-refractivity contribution in [3.05, 3.63) is 83.7 Å². The Bertz CT molecular complexity index is 1550. The van der Waals surface area contributed by atoms with Crippen LogP contribution in [0.15, 0.2) is 66.9 Å². The van der Waals surface area contributed by atoms with E-state index >= 15 is 0 Å². The standard InChI is InChI=1S/C37H43F3N2O7/c1-23(2)35(44)48-33-31(46-4)20-21-41-32(33)34(43)42-30-15-9-14-27(13-8-12-25-10-6-5-7-11-25)29(24(3)47-36(30)45)22-26-16-18-28(19-17-26)49-37(38,39)40/h5-7,10-11,16-21,23-24,27,29-30H,8-9,12-15,22H2,1-4H3,(H,42,43). The van der Waals surface area contributed by atoms with Crippen molar-refractivity contribution in [2.24, 2.45) is 17.8 Å². The van der Waals surface area contributed by atoms with Crippen molar-refractivity contribution in [2.75, 3.05) is 7.11 Å². The maximum absolute atomic E-state index is 13.6. The number of hydrogen-bond acceptors (Lipinski definition) is 8. The number of pyridine rings is 1. The van der Waals surface area contributed by atoms with Crippen molar-refractivity contribution in [1.29, 1.82) is 0 Å². The second-order valence-corrected chi connectivity index (χ2v) is 12.6. The van der Waals surface area contributed by atoms with Crippen LogP contribution in [0.3, 0.4) is 0 Å². The van der Waals surface area contributed by atoms with Gasteiger partial charge in [-0.25, -0.2) is 9.78 Å². The third-order valence-corrected chi connectivity index (χ3v) is 8.66. The Hall–Kier alpha value is -4.61. The lowest BCUT2D eigenvalue weighted by Gasteiger charge is -2.31. The first-order valence-corrected chi connectivity index (χ1v) is 16.5.